The van der Waals surface area contributed by atoms with E-state index in [1.54, 1.807) is 29.2 Å². The molecule has 1 aliphatic heterocycles. The molecule has 7 heteroatoms. The van der Waals surface area contributed by atoms with Gasteiger partial charge in [0.2, 0.25) is 0 Å². The fraction of sp³-hybridized carbons (Fsp3) is 0.429. The Morgan fingerprint density at radius 3 is 2.17 bits per heavy atom. The van der Waals surface area contributed by atoms with Crippen molar-refractivity contribution in [3.8, 4) is 11.5 Å². The normalized spacial score (nSPS) is 17.3. The topological polar surface area (TPSA) is 79.3 Å². The van der Waals surface area contributed by atoms with Crippen LogP contribution >= 0.6 is 0 Å². The molecule has 2 aromatic rings. The second-order valence-corrected chi connectivity index (χ2v) is 8.88. The van der Waals surface area contributed by atoms with E-state index in [0.717, 1.165) is 30.6 Å². The lowest BCUT2D eigenvalue weighted by Gasteiger charge is -2.26. The average molecular weight is 481 g/mol. The summed E-state index contributed by atoms with van der Waals surface area (Å²) in [5.41, 5.74) is 1.30. The van der Waals surface area contributed by atoms with Crippen LogP contribution in [-0.2, 0) is 9.59 Å². The molecule has 3 rings (SSSR count). The van der Waals surface area contributed by atoms with Crippen molar-refractivity contribution < 1.29 is 24.2 Å². The molecule has 2 aromatic carbocycles. The van der Waals surface area contributed by atoms with Gasteiger partial charge in [-0.05, 0) is 69.4 Å². The zero-order valence-electron chi connectivity index (χ0n) is 21.1. The Labute approximate surface area is 207 Å². The number of hydrogen-bond donors (Lipinski definition) is 1. The summed E-state index contributed by atoms with van der Waals surface area (Å²) in [4.78, 5) is 29.6. The molecular formula is C28H36N2O5. The van der Waals surface area contributed by atoms with Crippen LogP contribution in [0.5, 0.6) is 11.5 Å². The molecule has 1 heterocycles. The summed E-state index contributed by atoms with van der Waals surface area (Å²) in [5, 5.41) is 11.2. The molecule has 0 saturated carbocycles. The quantitative estimate of drug-likeness (QED) is 0.206. The van der Waals surface area contributed by atoms with E-state index in [2.05, 4.69) is 6.92 Å². The molecule has 7 nitrogen and oxygen atoms in total. The monoisotopic (exact) mass is 480 g/mol. The number of rotatable bonds is 12. The van der Waals surface area contributed by atoms with E-state index in [9.17, 15) is 14.7 Å². The first kappa shape index (κ1) is 26.3. The Morgan fingerprint density at radius 2 is 1.57 bits per heavy atom. The van der Waals surface area contributed by atoms with Crippen LogP contribution in [0.4, 0.5) is 0 Å². The van der Waals surface area contributed by atoms with Gasteiger partial charge in [-0.15, -0.1) is 0 Å². The maximum absolute atomic E-state index is 13.1. The summed E-state index contributed by atoms with van der Waals surface area (Å²) < 4.78 is 11.3. The van der Waals surface area contributed by atoms with Crippen LogP contribution in [0.15, 0.2) is 54.1 Å². The number of carbonyl (C=O) groups is 2. The van der Waals surface area contributed by atoms with Gasteiger partial charge < -0.3 is 24.4 Å². The zero-order chi connectivity index (χ0) is 25.4. The minimum atomic E-state index is -0.685. The molecule has 188 valence electrons. The number of nitrogens with zero attached hydrogens (tertiary/aromatic N) is 2. The van der Waals surface area contributed by atoms with Gasteiger partial charge in [0, 0.05) is 18.7 Å². The largest absolute Gasteiger partial charge is 0.507 e. The Hall–Kier alpha value is -3.32. The van der Waals surface area contributed by atoms with Crippen molar-refractivity contribution in [1.82, 2.24) is 9.80 Å². The maximum Gasteiger partial charge on any atom is 0.295 e. The van der Waals surface area contributed by atoms with Crippen LogP contribution in [0.1, 0.15) is 50.3 Å². The lowest BCUT2D eigenvalue weighted by Crippen LogP contribution is -2.35. The van der Waals surface area contributed by atoms with Crippen molar-refractivity contribution in [2.24, 2.45) is 0 Å². The van der Waals surface area contributed by atoms with Gasteiger partial charge in [0.15, 0.2) is 0 Å². The molecule has 1 saturated heterocycles. The number of amides is 1. The van der Waals surface area contributed by atoms with Crippen LogP contribution in [0.3, 0.4) is 0 Å². The van der Waals surface area contributed by atoms with Crippen LogP contribution in [0, 0.1) is 0 Å². The molecule has 0 aromatic heterocycles. The third-order valence-corrected chi connectivity index (χ3v) is 5.98. The van der Waals surface area contributed by atoms with E-state index < -0.39 is 17.7 Å². The van der Waals surface area contributed by atoms with Crippen LogP contribution in [0.25, 0.3) is 5.76 Å². The molecule has 35 heavy (non-hydrogen) atoms. The van der Waals surface area contributed by atoms with Gasteiger partial charge in [0.25, 0.3) is 11.7 Å². The Morgan fingerprint density at radius 1 is 0.943 bits per heavy atom. The number of unbranched alkanes of at least 4 members (excludes halogenated alkanes) is 2. The zero-order valence-corrected chi connectivity index (χ0v) is 21.1. The molecule has 0 bridgehead atoms. The van der Waals surface area contributed by atoms with E-state index in [4.69, 9.17) is 9.47 Å². The van der Waals surface area contributed by atoms with Crippen molar-refractivity contribution in [3.05, 3.63) is 65.2 Å². The third kappa shape index (κ3) is 6.42. The van der Waals surface area contributed by atoms with E-state index in [1.807, 2.05) is 50.2 Å². The van der Waals surface area contributed by atoms with Crippen molar-refractivity contribution >= 4 is 17.4 Å². The summed E-state index contributed by atoms with van der Waals surface area (Å²) >= 11 is 0. The van der Waals surface area contributed by atoms with E-state index in [-0.39, 0.29) is 11.3 Å². The minimum Gasteiger partial charge on any atom is -0.507 e. The van der Waals surface area contributed by atoms with Gasteiger partial charge in [0.1, 0.15) is 17.3 Å². The van der Waals surface area contributed by atoms with Crippen molar-refractivity contribution in [2.75, 3.05) is 40.4 Å². The van der Waals surface area contributed by atoms with Crippen LogP contribution in [0.2, 0.25) is 0 Å². The summed E-state index contributed by atoms with van der Waals surface area (Å²) in [5.74, 6) is -0.0731. The molecular weight excluding hydrogens is 444 g/mol. The number of likely N-dealkylation sites (N-methyl/N-ethyl adjacent to an activating group) is 1. The predicted molar refractivity (Wildman–Crippen MR) is 137 cm³/mol. The highest BCUT2D eigenvalue weighted by Crippen LogP contribution is 2.39. The number of aliphatic hydroxyl groups excluding tert-OH is 1. The van der Waals surface area contributed by atoms with Gasteiger partial charge in [0.05, 0.1) is 24.8 Å². The molecule has 0 aliphatic carbocycles. The van der Waals surface area contributed by atoms with Crippen molar-refractivity contribution in [2.45, 2.75) is 39.2 Å². The second-order valence-electron chi connectivity index (χ2n) is 8.88. The molecule has 0 radical (unpaired) electrons. The van der Waals surface area contributed by atoms with Crippen LogP contribution in [-0.4, -0.2) is 67.0 Å². The van der Waals surface area contributed by atoms with Crippen molar-refractivity contribution in [3.63, 3.8) is 0 Å². The van der Waals surface area contributed by atoms with Crippen molar-refractivity contribution in [1.29, 1.82) is 0 Å². The van der Waals surface area contributed by atoms with Gasteiger partial charge in [-0.25, -0.2) is 0 Å². The first-order chi connectivity index (χ1) is 16.9. The lowest BCUT2D eigenvalue weighted by atomic mass is 9.95. The minimum absolute atomic E-state index is 0.0922. The highest BCUT2D eigenvalue weighted by atomic mass is 16.5. The molecule has 1 atom stereocenters. The Bertz CT molecular complexity index is 1030. The van der Waals surface area contributed by atoms with Gasteiger partial charge in [-0.1, -0.05) is 31.9 Å². The number of likely N-dealkylation sites (tertiary alicyclic amines) is 1. The molecule has 1 amide bonds. The van der Waals surface area contributed by atoms with Gasteiger partial charge in [-0.3, -0.25) is 9.59 Å². The highest BCUT2D eigenvalue weighted by molar-refractivity contribution is 6.46. The number of hydrogen-bond acceptors (Lipinski definition) is 6. The Balaban J connectivity index is 1.97. The first-order valence-electron chi connectivity index (χ1n) is 12.3. The number of ketones is 1. The summed E-state index contributed by atoms with van der Waals surface area (Å²) in [6.07, 6.45) is 3.23. The summed E-state index contributed by atoms with van der Waals surface area (Å²) in [7, 11) is 3.83. The molecule has 1 unspecified atom stereocenters. The van der Waals surface area contributed by atoms with Crippen LogP contribution < -0.4 is 9.47 Å². The Kier molecular flexibility index (Phi) is 9.32. The molecule has 1 aliphatic rings. The summed E-state index contributed by atoms with van der Waals surface area (Å²) in [6.45, 7) is 6.16. The first-order valence-corrected chi connectivity index (χ1v) is 12.3. The lowest BCUT2D eigenvalue weighted by molar-refractivity contribution is -0.140. The molecule has 1 fully saturated rings. The third-order valence-electron chi connectivity index (χ3n) is 5.98. The number of benzene rings is 2. The second kappa shape index (κ2) is 12.4. The SMILES string of the molecule is CCCCCOc1ccc(C2/C(=C(\O)c3ccc(OCC)cc3)C(=O)C(=O)N2CCN(C)C)cc1. The summed E-state index contributed by atoms with van der Waals surface area (Å²) in [6, 6.07) is 13.6. The fourth-order valence-electron chi connectivity index (χ4n) is 4.08. The number of Topliss-reactive ketones (excluding diaryl/α,β-unsaturated/α-hetero) is 1. The van der Waals surface area contributed by atoms with E-state index in [1.165, 1.54) is 0 Å². The molecule has 0 spiro atoms. The standard InChI is InChI=1S/C28H36N2O5/c1-5-7-8-19-35-23-13-9-20(10-14-23)25-24(27(32)28(33)30(25)18-17-29(3)4)26(31)21-11-15-22(16-12-21)34-6-2/h9-16,25,31H,5-8,17-19H2,1-4H3/b26-24+. The predicted octanol–water partition coefficient (Wildman–Crippen LogP) is 4.64. The average Bonchev–Trinajstić information content (AvgIpc) is 3.11. The fourth-order valence-corrected chi connectivity index (χ4v) is 4.08. The maximum atomic E-state index is 13.1. The van der Waals surface area contributed by atoms with E-state index in [0.29, 0.717) is 37.6 Å². The van der Waals surface area contributed by atoms with E-state index >= 15 is 0 Å². The number of ether oxygens (including phenoxy) is 2. The van der Waals surface area contributed by atoms with Gasteiger partial charge in [-0.2, -0.15) is 0 Å². The molecule has 1 N–H and O–H groups in total. The highest BCUT2D eigenvalue weighted by Gasteiger charge is 2.45. The smallest absolute Gasteiger partial charge is 0.295 e. The number of aliphatic hydroxyl groups is 1. The number of carbonyl (C=O) groups excluding carboxylic acids is 2. The van der Waals surface area contributed by atoms with Gasteiger partial charge >= 0.3 is 0 Å².